The van der Waals surface area contributed by atoms with Gasteiger partial charge in [0.25, 0.3) is 0 Å². The average molecular weight is 402 g/mol. The number of hydrogen-bond acceptors (Lipinski definition) is 3. The highest BCUT2D eigenvalue weighted by Gasteiger charge is 2.13. The van der Waals surface area contributed by atoms with Gasteiger partial charge in [-0.3, -0.25) is 0 Å². The largest absolute Gasteiger partial charge is 0.489 e. The zero-order chi connectivity index (χ0) is 14.3. The molecule has 1 N–H and O–H groups in total. The van der Waals surface area contributed by atoms with Gasteiger partial charge in [-0.2, -0.15) is 0 Å². The lowest BCUT2D eigenvalue weighted by Crippen LogP contribution is -2.04. The first-order valence-electron chi connectivity index (χ1n) is 5.41. The van der Waals surface area contributed by atoms with E-state index in [0.717, 1.165) is 12.1 Å². The topological polar surface area (TPSA) is 38.7 Å². The van der Waals surface area contributed by atoms with Gasteiger partial charge in [-0.15, -0.1) is 0 Å². The Hall–Kier alpha value is -0.660. The normalized spacial score (nSPS) is 10.2. The van der Waals surface area contributed by atoms with Gasteiger partial charge in [-0.05, 0) is 37.9 Å². The molecule has 1 aromatic rings. The van der Waals surface area contributed by atoms with Crippen LogP contribution in [0.1, 0.15) is 6.42 Å². The van der Waals surface area contributed by atoms with E-state index in [4.69, 9.17) is 14.6 Å². The molecule has 0 spiro atoms. The SMILES string of the molecule is OCCCOc1c(F)cc(OCC=C(Br)Br)cc1F. The van der Waals surface area contributed by atoms with Gasteiger partial charge in [0.05, 0.1) is 10.00 Å². The Balaban J connectivity index is 2.70. The van der Waals surface area contributed by atoms with E-state index >= 15 is 0 Å². The van der Waals surface area contributed by atoms with Crippen molar-refractivity contribution in [2.45, 2.75) is 6.42 Å². The fourth-order valence-electron chi connectivity index (χ4n) is 1.20. The van der Waals surface area contributed by atoms with Crippen LogP contribution in [-0.2, 0) is 0 Å². The molecule has 0 heterocycles. The van der Waals surface area contributed by atoms with Crippen molar-refractivity contribution >= 4 is 31.9 Å². The molecule has 0 aromatic heterocycles. The van der Waals surface area contributed by atoms with Crippen molar-refractivity contribution in [1.29, 1.82) is 0 Å². The fraction of sp³-hybridized carbons (Fsp3) is 0.333. The van der Waals surface area contributed by atoms with Crippen molar-refractivity contribution in [3.05, 3.63) is 33.2 Å². The summed E-state index contributed by atoms with van der Waals surface area (Å²) >= 11 is 6.27. The molecule has 19 heavy (non-hydrogen) atoms. The summed E-state index contributed by atoms with van der Waals surface area (Å²) in [4.78, 5) is 0. The van der Waals surface area contributed by atoms with Crippen LogP contribution in [0.3, 0.4) is 0 Å². The lowest BCUT2D eigenvalue weighted by Gasteiger charge is -2.10. The van der Waals surface area contributed by atoms with E-state index in [1.54, 1.807) is 6.08 Å². The Bertz CT molecular complexity index is 426. The quantitative estimate of drug-likeness (QED) is 0.707. The molecule has 0 fully saturated rings. The summed E-state index contributed by atoms with van der Waals surface area (Å²) < 4.78 is 37.9. The number of aliphatic hydroxyl groups is 1. The zero-order valence-corrected chi connectivity index (χ0v) is 13.0. The highest BCUT2D eigenvalue weighted by atomic mass is 79.9. The van der Waals surface area contributed by atoms with Gasteiger partial charge < -0.3 is 14.6 Å². The Kier molecular flexibility index (Phi) is 7.33. The summed E-state index contributed by atoms with van der Waals surface area (Å²) in [5, 5.41) is 8.57. The van der Waals surface area contributed by atoms with Crippen LogP contribution in [0.5, 0.6) is 11.5 Å². The van der Waals surface area contributed by atoms with Crippen molar-refractivity contribution < 1.29 is 23.4 Å². The smallest absolute Gasteiger partial charge is 0.190 e. The van der Waals surface area contributed by atoms with Gasteiger partial charge >= 0.3 is 0 Å². The third-order valence-corrected chi connectivity index (χ3v) is 2.66. The third kappa shape index (κ3) is 5.88. The molecule has 0 bridgehead atoms. The first-order chi connectivity index (χ1) is 9.04. The van der Waals surface area contributed by atoms with Gasteiger partial charge in [0.15, 0.2) is 17.4 Å². The van der Waals surface area contributed by atoms with Crippen molar-refractivity contribution in [3.8, 4) is 11.5 Å². The lowest BCUT2D eigenvalue weighted by molar-refractivity contribution is 0.222. The molecular formula is C12H12Br2F2O3. The maximum absolute atomic E-state index is 13.6. The second kappa shape index (κ2) is 8.50. The molecule has 0 aliphatic rings. The van der Waals surface area contributed by atoms with E-state index in [0.29, 0.717) is 9.81 Å². The monoisotopic (exact) mass is 400 g/mol. The first-order valence-corrected chi connectivity index (χ1v) is 7.00. The van der Waals surface area contributed by atoms with E-state index in [-0.39, 0.29) is 25.6 Å². The van der Waals surface area contributed by atoms with Crippen LogP contribution in [0.4, 0.5) is 8.78 Å². The molecule has 0 aliphatic carbocycles. The Morgan fingerprint density at radius 2 is 1.84 bits per heavy atom. The second-order valence-corrected chi connectivity index (χ2v) is 6.22. The minimum Gasteiger partial charge on any atom is -0.489 e. The molecular weight excluding hydrogens is 390 g/mol. The van der Waals surface area contributed by atoms with Gasteiger partial charge in [-0.25, -0.2) is 8.78 Å². The standard InChI is InChI=1S/C12H12Br2F2O3/c13-11(14)2-5-18-8-6-9(15)12(10(16)7-8)19-4-1-3-17/h2,6-7,17H,1,3-5H2. The van der Waals surface area contributed by atoms with Crippen molar-refractivity contribution in [3.63, 3.8) is 0 Å². The minimum atomic E-state index is -0.838. The molecule has 0 aliphatic heterocycles. The molecule has 1 rings (SSSR count). The summed E-state index contributed by atoms with van der Waals surface area (Å²) in [5.74, 6) is -2.07. The number of ether oxygens (including phenoxy) is 2. The lowest BCUT2D eigenvalue weighted by atomic mass is 10.3. The molecule has 0 atom stereocenters. The van der Waals surface area contributed by atoms with E-state index < -0.39 is 17.4 Å². The van der Waals surface area contributed by atoms with Gasteiger partial charge in [0, 0.05) is 25.2 Å². The van der Waals surface area contributed by atoms with Crippen LogP contribution in [0.25, 0.3) is 0 Å². The summed E-state index contributed by atoms with van der Waals surface area (Å²) in [6, 6.07) is 2.10. The molecule has 7 heteroatoms. The highest BCUT2D eigenvalue weighted by molar-refractivity contribution is 9.28. The summed E-state index contributed by atoms with van der Waals surface area (Å²) in [6.45, 7) is 0.109. The van der Waals surface area contributed by atoms with Gasteiger partial charge in [0.1, 0.15) is 12.4 Å². The molecule has 3 nitrogen and oxygen atoms in total. The van der Waals surface area contributed by atoms with Crippen LogP contribution in [0.2, 0.25) is 0 Å². The van der Waals surface area contributed by atoms with E-state index in [9.17, 15) is 8.78 Å². The van der Waals surface area contributed by atoms with Crippen LogP contribution in [0.15, 0.2) is 21.6 Å². The van der Waals surface area contributed by atoms with Crippen molar-refractivity contribution in [2.75, 3.05) is 19.8 Å². The van der Waals surface area contributed by atoms with Crippen LogP contribution >= 0.6 is 31.9 Å². The number of hydrogen-bond donors (Lipinski definition) is 1. The molecule has 106 valence electrons. The fourth-order valence-corrected chi connectivity index (χ4v) is 1.46. The maximum atomic E-state index is 13.6. The van der Waals surface area contributed by atoms with Crippen molar-refractivity contribution in [1.82, 2.24) is 0 Å². The molecule has 0 amide bonds. The Labute approximate surface area is 126 Å². The number of rotatable bonds is 7. The average Bonchev–Trinajstić information content (AvgIpc) is 2.32. The van der Waals surface area contributed by atoms with E-state index in [1.165, 1.54) is 0 Å². The van der Waals surface area contributed by atoms with E-state index in [2.05, 4.69) is 31.9 Å². The van der Waals surface area contributed by atoms with Gasteiger partial charge in [-0.1, -0.05) is 0 Å². The molecule has 0 unspecified atom stereocenters. The zero-order valence-electron chi connectivity index (χ0n) is 9.84. The Morgan fingerprint density at radius 3 is 2.37 bits per heavy atom. The number of halogens is 4. The summed E-state index contributed by atoms with van der Waals surface area (Å²) in [6.07, 6.45) is 1.95. The van der Waals surface area contributed by atoms with Crippen LogP contribution in [-0.4, -0.2) is 24.9 Å². The number of benzene rings is 1. The number of aliphatic hydroxyl groups excluding tert-OH is 1. The summed E-state index contributed by atoms with van der Waals surface area (Å²) in [7, 11) is 0. The van der Waals surface area contributed by atoms with E-state index in [1.807, 2.05) is 0 Å². The highest BCUT2D eigenvalue weighted by Crippen LogP contribution is 2.27. The molecule has 1 aromatic carbocycles. The van der Waals surface area contributed by atoms with Crippen LogP contribution in [0, 0.1) is 11.6 Å². The van der Waals surface area contributed by atoms with Crippen LogP contribution < -0.4 is 9.47 Å². The minimum absolute atomic E-state index is 0.0455. The second-order valence-electron chi connectivity index (χ2n) is 3.45. The predicted octanol–water partition coefficient (Wildman–Crippen LogP) is 3.74. The molecule has 0 radical (unpaired) electrons. The first kappa shape index (κ1) is 16.4. The molecule has 0 saturated carbocycles. The Morgan fingerprint density at radius 1 is 1.21 bits per heavy atom. The maximum Gasteiger partial charge on any atom is 0.190 e. The molecule has 0 saturated heterocycles. The summed E-state index contributed by atoms with van der Waals surface area (Å²) in [5.41, 5.74) is 0. The van der Waals surface area contributed by atoms with Gasteiger partial charge in [0.2, 0.25) is 0 Å². The third-order valence-electron chi connectivity index (χ3n) is 2.01. The van der Waals surface area contributed by atoms with Crippen molar-refractivity contribution in [2.24, 2.45) is 0 Å². The predicted molar refractivity (Wildman–Crippen MR) is 75.0 cm³/mol.